The molecule has 2 heterocycles. The van der Waals surface area contributed by atoms with Gasteiger partial charge < -0.3 is 14.2 Å². The molecule has 128 valence electrons. The van der Waals surface area contributed by atoms with Crippen LogP contribution in [0.3, 0.4) is 0 Å². The third kappa shape index (κ3) is 3.65. The molecule has 5 nitrogen and oxygen atoms in total. The first-order valence-corrected chi connectivity index (χ1v) is 8.98. The quantitative estimate of drug-likeness (QED) is 0.836. The number of carbonyl (C=O) groups is 1. The van der Waals surface area contributed by atoms with Crippen molar-refractivity contribution in [3.63, 3.8) is 0 Å². The Hall–Kier alpha value is -1.79. The number of fused-ring (bicyclic) bond motifs is 1. The lowest BCUT2D eigenvalue weighted by Crippen LogP contribution is -2.42. The molecule has 0 bridgehead atoms. The van der Waals surface area contributed by atoms with Gasteiger partial charge in [0.2, 0.25) is 0 Å². The molecule has 1 aromatic heterocycles. The molecule has 1 aromatic carbocycles. The summed E-state index contributed by atoms with van der Waals surface area (Å²) in [5.41, 5.74) is 0.979. The zero-order valence-corrected chi connectivity index (χ0v) is 15.2. The monoisotopic (exact) mass is 346 g/mol. The van der Waals surface area contributed by atoms with Crippen LogP contribution in [0.2, 0.25) is 0 Å². The molecule has 0 saturated heterocycles. The van der Waals surface area contributed by atoms with E-state index in [1.807, 2.05) is 52.0 Å². The number of anilines is 1. The second-order valence-corrected chi connectivity index (χ2v) is 7.94. The maximum Gasteiger partial charge on any atom is 0.280 e. The van der Waals surface area contributed by atoms with Crippen molar-refractivity contribution in [2.24, 2.45) is 0 Å². The molecule has 24 heavy (non-hydrogen) atoms. The van der Waals surface area contributed by atoms with Gasteiger partial charge in [0.05, 0.1) is 11.3 Å². The average molecular weight is 346 g/mol. The van der Waals surface area contributed by atoms with Gasteiger partial charge in [-0.3, -0.25) is 4.79 Å². The van der Waals surface area contributed by atoms with Crippen LogP contribution in [0, 0.1) is 0 Å². The van der Waals surface area contributed by atoms with Crippen LogP contribution in [0.25, 0.3) is 0 Å². The zero-order chi connectivity index (χ0) is 17.3. The summed E-state index contributed by atoms with van der Waals surface area (Å²) in [6, 6.07) is 9.72. The molecule has 0 fully saturated rings. The number of amides is 1. The minimum atomic E-state index is -0.269. The molecular weight excluding hydrogens is 324 g/mol. The molecule has 3 rings (SSSR count). The molecular formula is C18H22N2O3S. The van der Waals surface area contributed by atoms with E-state index in [9.17, 15) is 4.79 Å². The Morgan fingerprint density at radius 3 is 2.92 bits per heavy atom. The highest BCUT2D eigenvalue weighted by Crippen LogP contribution is 2.37. The topological polar surface area (TPSA) is 55.6 Å². The normalized spacial score (nSPS) is 17.7. The summed E-state index contributed by atoms with van der Waals surface area (Å²) in [6.07, 6.45) is 0. The molecule has 1 atom stereocenters. The van der Waals surface area contributed by atoms with E-state index >= 15 is 0 Å². The van der Waals surface area contributed by atoms with E-state index in [4.69, 9.17) is 9.26 Å². The van der Waals surface area contributed by atoms with Gasteiger partial charge in [0, 0.05) is 22.8 Å². The van der Waals surface area contributed by atoms with Crippen LogP contribution in [0.15, 0.2) is 39.8 Å². The molecule has 6 heteroatoms. The van der Waals surface area contributed by atoms with Crippen molar-refractivity contribution in [3.8, 4) is 0 Å². The van der Waals surface area contributed by atoms with Crippen molar-refractivity contribution in [2.75, 3.05) is 10.7 Å². The fourth-order valence-electron chi connectivity index (χ4n) is 2.50. The molecule has 0 saturated carbocycles. The van der Waals surface area contributed by atoms with Crippen LogP contribution < -0.4 is 4.90 Å². The number of nitrogens with zero attached hydrogens (tertiary/aromatic N) is 2. The van der Waals surface area contributed by atoms with E-state index in [0.717, 1.165) is 16.3 Å². The number of benzene rings is 1. The summed E-state index contributed by atoms with van der Waals surface area (Å²) in [4.78, 5) is 15.9. The van der Waals surface area contributed by atoms with Crippen LogP contribution in [0.1, 0.15) is 43.9 Å². The number of aromatic nitrogens is 1. The Morgan fingerprint density at radius 1 is 1.42 bits per heavy atom. The fraction of sp³-hybridized carbons (Fsp3) is 0.444. The van der Waals surface area contributed by atoms with E-state index in [1.54, 1.807) is 22.7 Å². The van der Waals surface area contributed by atoms with Crippen LogP contribution in [-0.4, -0.2) is 28.5 Å². The van der Waals surface area contributed by atoms with Gasteiger partial charge >= 0.3 is 0 Å². The highest BCUT2D eigenvalue weighted by atomic mass is 32.2. The summed E-state index contributed by atoms with van der Waals surface area (Å²) in [5, 5.41) is 3.95. The summed E-state index contributed by atoms with van der Waals surface area (Å²) in [7, 11) is 0. The summed E-state index contributed by atoms with van der Waals surface area (Å²) >= 11 is 1.77. The molecule has 1 amide bonds. The third-order valence-corrected chi connectivity index (χ3v) is 5.00. The summed E-state index contributed by atoms with van der Waals surface area (Å²) in [5.74, 6) is 1.28. The number of para-hydroxylation sites is 1. The third-order valence-electron chi connectivity index (χ3n) is 3.69. The molecule has 1 aliphatic rings. The van der Waals surface area contributed by atoms with Gasteiger partial charge in [-0.1, -0.05) is 17.3 Å². The van der Waals surface area contributed by atoms with Crippen LogP contribution in [0.4, 0.5) is 5.69 Å². The van der Waals surface area contributed by atoms with Crippen LogP contribution in [0.5, 0.6) is 0 Å². The lowest BCUT2D eigenvalue weighted by atomic mass is 10.2. The SMILES string of the molecule is CC1CSc2ccccc2N1C(=O)c1cc(COC(C)(C)C)on1. The number of ether oxygens (including phenoxy) is 1. The van der Waals surface area contributed by atoms with E-state index in [-0.39, 0.29) is 17.6 Å². The van der Waals surface area contributed by atoms with Crippen molar-refractivity contribution in [2.45, 2.75) is 50.8 Å². The van der Waals surface area contributed by atoms with Crippen molar-refractivity contribution < 1.29 is 14.1 Å². The van der Waals surface area contributed by atoms with Gasteiger partial charge in [0.1, 0.15) is 6.61 Å². The molecule has 0 radical (unpaired) electrons. The Morgan fingerprint density at radius 2 is 2.17 bits per heavy atom. The number of hydrogen-bond acceptors (Lipinski definition) is 5. The molecule has 0 N–H and O–H groups in total. The Bertz CT molecular complexity index is 736. The van der Waals surface area contributed by atoms with E-state index < -0.39 is 0 Å². The number of hydrogen-bond donors (Lipinski definition) is 0. The summed E-state index contributed by atoms with van der Waals surface area (Å²) < 4.78 is 10.9. The Labute approximate surface area is 146 Å². The largest absolute Gasteiger partial charge is 0.368 e. The number of thioether (sulfide) groups is 1. The van der Waals surface area contributed by atoms with Gasteiger partial charge in [0.25, 0.3) is 5.91 Å². The minimum Gasteiger partial charge on any atom is -0.368 e. The molecule has 0 aliphatic carbocycles. The maximum absolute atomic E-state index is 12.9. The number of rotatable bonds is 3. The van der Waals surface area contributed by atoms with Gasteiger partial charge in [-0.15, -0.1) is 11.8 Å². The molecule has 1 unspecified atom stereocenters. The van der Waals surface area contributed by atoms with Gasteiger partial charge in [-0.05, 0) is 39.8 Å². The predicted molar refractivity (Wildman–Crippen MR) is 94.5 cm³/mol. The van der Waals surface area contributed by atoms with Gasteiger partial charge in [-0.2, -0.15) is 0 Å². The van der Waals surface area contributed by atoms with Crippen molar-refractivity contribution >= 4 is 23.4 Å². The van der Waals surface area contributed by atoms with Gasteiger partial charge in [-0.25, -0.2) is 0 Å². The fourth-order valence-corrected chi connectivity index (χ4v) is 3.56. The first-order valence-electron chi connectivity index (χ1n) is 8.00. The smallest absolute Gasteiger partial charge is 0.280 e. The average Bonchev–Trinajstić information content (AvgIpc) is 3.01. The molecule has 1 aliphatic heterocycles. The second-order valence-electron chi connectivity index (χ2n) is 6.88. The molecule has 2 aromatic rings. The highest BCUT2D eigenvalue weighted by molar-refractivity contribution is 7.99. The van der Waals surface area contributed by atoms with Gasteiger partial charge in [0.15, 0.2) is 11.5 Å². The highest BCUT2D eigenvalue weighted by Gasteiger charge is 2.31. The Kier molecular flexibility index (Phi) is 4.69. The first-order chi connectivity index (χ1) is 11.3. The van der Waals surface area contributed by atoms with Crippen molar-refractivity contribution in [1.82, 2.24) is 5.16 Å². The van der Waals surface area contributed by atoms with Crippen LogP contribution >= 0.6 is 11.8 Å². The first kappa shape index (κ1) is 17.0. The lowest BCUT2D eigenvalue weighted by Gasteiger charge is -2.34. The standard InChI is InChI=1S/C18H22N2O3S/c1-12-11-24-16-8-6-5-7-15(16)20(12)17(21)14-9-13(23-19-14)10-22-18(2,3)4/h5-9,12H,10-11H2,1-4H3. The van der Waals surface area contributed by atoms with E-state index in [1.165, 1.54) is 0 Å². The van der Waals surface area contributed by atoms with Crippen molar-refractivity contribution in [1.29, 1.82) is 0 Å². The second kappa shape index (κ2) is 6.61. The summed E-state index contributed by atoms with van der Waals surface area (Å²) in [6.45, 7) is 8.26. The predicted octanol–water partition coefficient (Wildman–Crippen LogP) is 4.13. The molecule has 0 spiro atoms. The van der Waals surface area contributed by atoms with Crippen LogP contribution in [-0.2, 0) is 11.3 Å². The maximum atomic E-state index is 12.9. The minimum absolute atomic E-state index is 0.100. The van der Waals surface area contributed by atoms with Crippen molar-refractivity contribution in [3.05, 3.63) is 41.8 Å². The Balaban J connectivity index is 1.81. The van der Waals surface area contributed by atoms with E-state index in [0.29, 0.717) is 18.1 Å². The zero-order valence-electron chi connectivity index (χ0n) is 14.4. The lowest BCUT2D eigenvalue weighted by molar-refractivity contribution is -0.0241. The number of carbonyl (C=O) groups excluding carboxylic acids is 1. The van der Waals surface area contributed by atoms with E-state index in [2.05, 4.69) is 5.16 Å².